The average molecular weight is 287 g/mol. The molecule has 3 nitrogen and oxygen atoms in total. The van der Waals surface area contributed by atoms with Gasteiger partial charge in [-0.2, -0.15) is 0 Å². The maximum atomic E-state index is 11.1. The van der Waals surface area contributed by atoms with Crippen molar-refractivity contribution in [2.75, 3.05) is 6.54 Å². The van der Waals surface area contributed by atoms with Crippen LogP contribution in [0, 0.1) is 0 Å². The fourth-order valence-corrected chi connectivity index (χ4v) is 4.23. The second-order valence-corrected chi connectivity index (χ2v) is 7.16. The highest BCUT2D eigenvalue weighted by Gasteiger charge is 2.39. The first-order valence-electron chi connectivity index (χ1n) is 8.06. The van der Waals surface area contributed by atoms with E-state index in [-0.39, 0.29) is 17.9 Å². The number of hydrogen-bond donors (Lipinski definition) is 1. The SMILES string of the molecule is CC1(C)CCC(N2CCCC2CC(=O)O)c2ccccc21. The van der Waals surface area contributed by atoms with Gasteiger partial charge in [-0.25, -0.2) is 0 Å². The average Bonchev–Trinajstić information content (AvgIpc) is 2.86. The maximum Gasteiger partial charge on any atom is 0.304 e. The molecule has 1 aromatic carbocycles. The summed E-state index contributed by atoms with van der Waals surface area (Å²) in [5.41, 5.74) is 3.10. The van der Waals surface area contributed by atoms with Crippen molar-refractivity contribution in [3.8, 4) is 0 Å². The van der Waals surface area contributed by atoms with Crippen LogP contribution in [-0.2, 0) is 10.2 Å². The van der Waals surface area contributed by atoms with Crippen molar-refractivity contribution < 1.29 is 9.90 Å². The zero-order valence-corrected chi connectivity index (χ0v) is 13.0. The number of likely N-dealkylation sites (tertiary alicyclic amines) is 1. The van der Waals surface area contributed by atoms with Gasteiger partial charge in [0.25, 0.3) is 0 Å². The lowest BCUT2D eigenvalue weighted by molar-refractivity contribution is -0.138. The number of benzene rings is 1. The molecule has 0 radical (unpaired) electrons. The molecular formula is C18H25NO2. The van der Waals surface area contributed by atoms with Gasteiger partial charge >= 0.3 is 5.97 Å². The number of carboxylic acid groups (broad SMARTS) is 1. The van der Waals surface area contributed by atoms with Crippen LogP contribution in [0.2, 0.25) is 0 Å². The number of nitrogens with zero attached hydrogens (tertiary/aromatic N) is 1. The molecule has 1 aliphatic heterocycles. The lowest BCUT2D eigenvalue weighted by atomic mass is 9.70. The second kappa shape index (κ2) is 5.45. The van der Waals surface area contributed by atoms with Crippen LogP contribution < -0.4 is 0 Å². The van der Waals surface area contributed by atoms with Crippen LogP contribution >= 0.6 is 0 Å². The molecule has 1 saturated heterocycles. The zero-order chi connectivity index (χ0) is 15.0. The summed E-state index contributed by atoms with van der Waals surface area (Å²) in [6, 6.07) is 9.36. The quantitative estimate of drug-likeness (QED) is 0.920. The Morgan fingerprint density at radius 3 is 2.86 bits per heavy atom. The molecule has 0 bridgehead atoms. The van der Waals surface area contributed by atoms with E-state index < -0.39 is 5.97 Å². The predicted octanol–water partition coefficient (Wildman–Crippen LogP) is 3.74. The third-order valence-corrected chi connectivity index (χ3v) is 5.32. The summed E-state index contributed by atoms with van der Waals surface area (Å²) >= 11 is 0. The number of hydrogen-bond acceptors (Lipinski definition) is 2. The normalized spacial score (nSPS) is 28.3. The molecule has 3 heteroatoms. The maximum absolute atomic E-state index is 11.1. The minimum atomic E-state index is -0.670. The molecule has 3 rings (SSSR count). The Labute approximate surface area is 127 Å². The third kappa shape index (κ3) is 2.71. The summed E-state index contributed by atoms with van der Waals surface area (Å²) in [7, 11) is 0. The summed E-state index contributed by atoms with van der Waals surface area (Å²) in [6.45, 7) is 5.68. The highest BCUT2D eigenvalue weighted by Crippen LogP contribution is 2.45. The zero-order valence-electron chi connectivity index (χ0n) is 13.0. The predicted molar refractivity (Wildman–Crippen MR) is 83.4 cm³/mol. The molecule has 0 amide bonds. The number of carbonyl (C=O) groups is 1. The lowest BCUT2D eigenvalue weighted by Gasteiger charge is -2.42. The lowest BCUT2D eigenvalue weighted by Crippen LogP contribution is -2.39. The van der Waals surface area contributed by atoms with Crippen molar-refractivity contribution in [1.29, 1.82) is 0 Å². The largest absolute Gasteiger partial charge is 0.481 e. The molecule has 0 saturated carbocycles. The van der Waals surface area contributed by atoms with Gasteiger partial charge in [0, 0.05) is 12.1 Å². The van der Waals surface area contributed by atoms with Crippen molar-refractivity contribution in [3.05, 3.63) is 35.4 Å². The topological polar surface area (TPSA) is 40.5 Å². The second-order valence-electron chi connectivity index (χ2n) is 7.16. The number of fused-ring (bicyclic) bond motifs is 1. The number of carboxylic acids is 1. The van der Waals surface area contributed by atoms with Gasteiger partial charge in [0.1, 0.15) is 0 Å². The monoisotopic (exact) mass is 287 g/mol. The van der Waals surface area contributed by atoms with Crippen molar-refractivity contribution in [2.24, 2.45) is 0 Å². The molecular weight excluding hydrogens is 262 g/mol. The van der Waals surface area contributed by atoms with Gasteiger partial charge in [0.2, 0.25) is 0 Å². The Morgan fingerprint density at radius 2 is 2.10 bits per heavy atom. The molecule has 21 heavy (non-hydrogen) atoms. The molecule has 1 heterocycles. The van der Waals surface area contributed by atoms with Crippen molar-refractivity contribution in [2.45, 2.75) is 63.5 Å². The van der Waals surface area contributed by atoms with Gasteiger partial charge in [-0.15, -0.1) is 0 Å². The van der Waals surface area contributed by atoms with E-state index in [9.17, 15) is 4.79 Å². The van der Waals surface area contributed by atoms with E-state index in [0.29, 0.717) is 6.04 Å². The van der Waals surface area contributed by atoms with Gasteiger partial charge < -0.3 is 5.11 Å². The summed E-state index contributed by atoms with van der Waals surface area (Å²) < 4.78 is 0. The van der Waals surface area contributed by atoms with Gasteiger partial charge in [0.05, 0.1) is 6.42 Å². The van der Waals surface area contributed by atoms with Crippen LogP contribution in [0.15, 0.2) is 24.3 Å². The van der Waals surface area contributed by atoms with Gasteiger partial charge in [-0.3, -0.25) is 9.69 Å². The molecule has 1 aromatic rings. The fraction of sp³-hybridized carbons (Fsp3) is 0.611. The number of rotatable bonds is 3. The Bertz CT molecular complexity index is 538. The Morgan fingerprint density at radius 1 is 1.33 bits per heavy atom. The van der Waals surface area contributed by atoms with E-state index in [4.69, 9.17) is 5.11 Å². The summed E-state index contributed by atoms with van der Waals surface area (Å²) in [5.74, 6) is -0.670. The van der Waals surface area contributed by atoms with Crippen molar-refractivity contribution in [1.82, 2.24) is 4.90 Å². The van der Waals surface area contributed by atoms with Gasteiger partial charge in [0.15, 0.2) is 0 Å². The molecule has 0 spiro atoms. The molecule has 2 aliphatic rings. The Balaban J connectivity index is 1.91. The van der Waals surface area contributed by atoms with Crippen LogP contribution in [-0.4, -0.2) is 28.6 Å². The minimum absolute atomic E-state index is 0.210. The summed E-state index contributed by atoms with van der Waals surface area (Å²) in [6.07, 6.45) is 4.74. The van der Waals surface area contributed by atoms with E-state index in [1.807, 2.05) is 0 Å². The van der Waals surface area contributed by atoms with Crippen LogP contribution in [0.5, 0.6) is 0 Å². The Kier molecular flexibility index (Phi) is 3.78. The summed E-state index contributed by atoms with van der Waals surface area (Å²) in [5, 5.41) is 9.14. The fourth-order valence-electron chi connectivity index (χ4n) is 4.23. The Hall–Kier alpha value is -1.35. The molecule has 1 fully saturated rings. The van der Waals surface area contributed by atoms with Crippen LogP contribution in [0.3, 0.4) is 0 Å². The first kappa shape index (κ1) is 14.6. The molecule has 0 aromatic heterocycles. The van der Waals surface area contributed by atoms with Crippen LogP contribution in [0.25, 0.3) is 0 Å². The van der Waals surface area contributed by atoms with E-state index in [2.05, 4.69) is 43.0 Å². The summed E-state index contributed by atoms with van der Waals surface area (Å²) in [4.78, 5) is 13.6. The minimum Gasteiger partial charge on any atom is -0.481 e. The molecule has 114 valence electrons. The van der Waals surface area contributed by atoms with Crippen molar-refractivity contribution in [3.63, 3.8) is 0 Å². The molecule has 2 atom stereocenters. The van der Waals surface area contributed by atoms with Crippen molar-refractivity contribution >= 4 is 5.97 Å². The standard InChI is InChI=1S/C18H25NO2/c1-18(2)10-9-16(14-7-3-4-8-15(14)18)19-11-5-6-13(19)12-17(20)21/h3-4,7-8,13,16H,5-6,9-12H2,1-2H3,(H,20,21). The van der Waals surface area contributed by atoms with Crippen LogP contribution in [0.4, 0.5) is 0 Å². The molecule has 1 N–H and O–H groups in total. The third-order valence-electron chi connectivity index (χ3n) is 5.32. The number of aliphatic carboxylic acids is 1. The molecule has 1 aliphatic carbocycles. The van der Waals surface area contributed by atoms with Crippen LogP contribution in [0.1, 0.15) is 63.1 Å². The van der Waals surface area contributed by atoms with E-state index >= 15 is 0 Å². The van der Waals surface area contributed by atoms with E-state index in [1.54, 1.807) is 0 Å². The highest BCUT2D eigenvalue weighted by atomic mass is 16.4. The van der Waals surface area contributed by atoms with E-state index in [1.165, 1.54) is 17.5 Å². The smallest absolute Gasteiger partial charge is 0.304 e. The highest BCUT2D eigenvalue weighted by molar-refractivity contribution is 5.67. The van der Waals surface area contributed by atoms with E-state index in [0.717, 1.165) is 25.8 Å². The first-order chi connectivity index (χ1) is 9.99. The van der Waals surface area contributed by atoms with Gasteiger partial charge in [-0.1, -0.05) is 38.1 Å². The molecule has 2 unspecified atom stereocenters. The van der Waals surface area contributed by atoms with Gasteiger partial charge in [-0.05, 0) is 48.8 Å². The first-order valence-corrected chi connectivity index (χ1v) is 8.06.